The Hall–Kier alpha value is -1.88. The second-order valence-electron chi connectivity index (χ2n) is 8.53. The summed E-state index contributed by atoms with van der Waals surface area (Å²) in [5, 5.41) is 0. The van der Waals surface area contributed by atoms with Gasteiger partial charge in [-0.3, -0.25) is 0 Å². The molecule has 1 aliphatic rings. The van der Waals surface area contributed by atoms with Crippen molar-refractivity contribution in [1.82, 2.24) is 0 Å². The summed E-state index contributed by atoms with van der Waals surface area (Å²) < 4.78 is 25.5. The third-order valence-corrected chi connectivity index (χ3v) is 4.56. The maximum absolute atomic E-state index is 14.5. The van der Waals surface area contributed by atoms with Crippen LogP contribution in [0.5, 0.6) is 0 Å². The Morgan fingerprint density at radius 1 is 1.26 bits per heavy atom. The van der Waals surface area contributed by atoms with Crippen molar-refractivity contribution in [3.8, 4) is 0 Å². The minimum Gasteiger partial charge on any atom is -0.458 e. The molecule has 1 fully saturated rings. The maximum Gasteiger partial charge on any atom is 0.332 e. The lowest BCUT2D eigenvalue weighted by Crippen LogP contribution is -2.38. The van der Waals surface area contributed by atoms with Gasteiger partial charge in [-0.25, -0.2) is 9.18 Å². The van der Waals surface area contributed by atoms with E-state index >= 15 is 0 Å². The van der Waals surface area contributed by atoms with Gasteiger partial charge in [0.25, 0.3) is 0 Å². The number of carbonyl (C=O) groups is 1. The number of carbonyl (C=O) groups excluding carboxylic acids is 1. The fourth-order valence-electron chi connectivity index (χ4n) is 3.27. The normalized spacial score (nSPS) is 16.3. The van der Waals surface area contributed by atoms with E-state index in [1.165, 1.54) is 0 Å². The lowest BCUT2D eigenvalue weighted by atomic mass is 9.93. The van der Waals surface area contributed by atoms with Crippen LogP contribution in [0.1, 0.15) is 58.6 Å². The number of halogens is 1. The number of rotatable bonds is 6. The second-order valence-corrected chi connectivity index (χ2v) is 8.53. The minimum absolute atomic E-state index is 0.0177. The third kappa shape index (κ3) is 6.35. The van der Waals surface area contributed by atoms with E-state index in [-0.39, 0.29) is 18.7 Å². The Balaban J connectivity index is 1.92. The molecule has 0 aliphatic carbocycles. The summed E-state index contributed by atoms with van der Waals surface area (Å²) in [7, 11) is 0. The van der Waals surface area contributed by atoms with Crippen LogP contribution in [0.2, 0.25) is 0 Å². The zero-order valence-corrected chi connectivity index (χ0v) is 17.2. The van der Waals surface area contributed by atoms with E-state index in [1.54, 1.807) is 19.9 Å². The summed E-state index contributed by atoms with van der Waals surface area (Å²) in [5.74, 6) is -0.334. The van der Waals surface area contributed by atoms with E-state index in [4.69, 9.17) is 9.47 Å². The van der Waals surface area contributed by atoms with E-state index < -0.39 is 11.3 Å². The number of ether oxygens (including phenoxy) is 2. The van der Waals surface area contributed by atoms with Gasteiger partial charge in [0.2, 0.25) is 0 Å². The third-order valence-electron chi connectivity index (χ3n) is 4.56. The molecule has 0 unspecified atom stereocenters. The fraction of sp³-hybridized carbons (Fsp3) is 0.591. The molecular formula is C22H32FNO3. The van der Waals surface area contributed by atoms with Crippen molar-refractivity contribution >= 4 is 17.7 Å². The molecule has 0 N–H and O–H groups in total. The first-order valence-corrected chi connectivity index (χ1v) is 9.54. The molecule has 5 heteroatoms. The van der Waals surface area contributed by atoms with Gasteiger partial charge in [0.15, 0.2) is 0 Å². The first kappa shape index (κ1) is 21.4. The van der Waals surface area contributed by atoms with Crippen molar-refractivity contribution in [3.05, 3.63) is 35.9 Å². The van der Waals surface area contributed by atoms with E-state index in [0.29, 0.717) is 5.56 Å². The molecule has 27 heavy (non-hydrogen) atoms. The van der Waals surface area contributed by atoms with Gasteiger partial charge in [-0.15, -0.1) is 0 Å². The lowest BCUT2D eigenvalue weighted by Gasteiger charge is -2.34. The van der Waals surface area contributed by atoms with Crippen LogP contribution < -0.4 is 4.90 Å². The smallest absolute Gasteiger partial charge is 0.332 e. The van der Waals surface area contributed by atoms with Gasteiger partial charge in [-0.1, -0.05) is 18.7 Å². The molecule has 0 amide bonds. The average Bonchev–Trinajstić information content (AvgIpc) is 2.57. The first-order valence-electron chi connectivity index (χ1n) is 9.54. The van der Waals surface area contributed by atoms with Crippen LogP contribution in [0, 0.1) is 0 Å². The van der Waals surface area contributed by atoms with Gasteiger partial charge in [-0.2, -0.15) is 0 Å². The number of esters is 1. The van der Waals surface area contributed by atoms with Crippen LogP contribution in [0.4, 0.5) is 10.1 Å². The van der Waals surface area contributed by atoms with Crippen LogP contribution >= 0.6 is 0 Å². The zero-order valence-electron chi connectivity index (χ0n) is 17.2. The molecule has 0 bridgehead atoms. The first-order chi connectivity index (χ1) is 12.5. The van der Waals surface area contributed by atoms with Crippen LogP contribution in [-0.2, 0) is 19.9 Å². The van der Waals surface area contributed by atoms with Crippen molar-refractivity contribution in [2.75, 3.05) is 24.6 Å². The van der Waals surface area contributed by atoms with Gasteiger partial charge in [0.05, 0.1) is 6.10 Å². The quantitative estimate of drug-likeness (QED) is 0.664. The highest BCUT2D eigenvalue weighted by molar-refractivity contribution is 5.71. The molecule has 0 atom stereocenters. The molecule has 4 nitrogen and oxygen atoms in total. The summed E-state index contributed by atoms with van der Waals surface area (Å²) in [4.78, 5) is 14.0. The van der Waals surface area contributed by atoms with Crippen molar-refractivity contribution in [1.29, 1.82) is 0 Å². The Bertz CT molecular complexity index is 665. The van der Waals surface area contributed by atoms with Crippen LogP contribution in [0.25, 0.3) is 6.08 Å². The lowest BCUT2D eigenvalue weighted by molar-refractivity contribution is -0.162. The van der Waals surface area contributed by atoms with E-state index in [0.717, 1.165) is 37.2 Å². The van der Waals surface area contributed by atoms with Gasteiger partial charge >= 0.3 is 5.97 Å². The predicted octanol–water partition coefficient (Wildman–Crippen LogP) is 4.86. The van der Waals surface area contributed by atoms with E-state index in [9.17, 15) is 9.18 Å². The highest BCUT2D eigenvalue weighted by Crippen LogP contribution is 2.33. The highest BCUT2D eigenvalue weighted by Gasteiger charge is 2.26. The summed E-state index contributed by atoms with van der Waals surface area (Å²) in [6.07, 6.45) is 3.37. The Morgan fingerprint density at radius 2 is 1.89 bits per heavy atom. The molecule has 0 spiro atoms. The van der Waals surface area contributed by atoms with E-state index in [2.05, 4.69) is 11.5 Å². The van der Waals surface area contributed by atoms with Gasteiger partial charge in [0.1, 0.15) is 17.9 Å². The predicted molar refractivity (Wildman–Crippen MR) is 108 cm³/mol. The molecule has 2 rings (SSSR count). The molecule has 1 saturated heterocycles. The second kappa shape index (κ2) is 8.42. The van der Waals surface area contributed by atoms with Crippen molar-refractivity contribution in [3.63, 3.8) is 0 Å². The minimum atomic E-state index is -1.42. The number of hydrogen-bond donors (Lipinski definition) is 0. The topological polar surface area (TPSA) is 38.8 Å². The fourth-order valence-corrected chi connectivity index (χ4v) is 3.27. The number of benzene rings is 1. The van der Waals surface area contributed by atoms with Crippen LogP contribution in [-0.4, -0.2) is 37.4 Å². The Kier molecular flexibility index (Phi) is 6.68. The number of nitrogens with zero attached hydrogens (tertiary/aromatic N) is 1. The summed E-state index contributed by atoms with van der Waals surface area (Å²) in [6, 6.07) is 5.84. The van der Waals surface area contributed by atoms with Crippen molar-refractivity contribution in [2.45, 2.75) is 64.8 Å². The van der Waals surface area contributed by atoms with Crippen LogP contribution in [0.3, 0.4) is 0 Å². The standard InChI is InChI=1S/C22H32FNO3/c1-7-16-8-9-17(14-19(16)22(5,6)23)24-12-10-18(11-13-24)26-15-20(25)27-21(2,3)4/h7-9,14,18H,1,10-13,15H2,2-6H3. The summed E-state index contributed by atoms with van der Waals surface area (Å²) >= 11 is 0. The SMILES string of the molecule is C=Cc1ccc(N2CCC(OCC(=O)OC(C)(C)C)CC2)cc1C(C)(C)F. The molecular weight excluding hydrogens is 345 g/mol. The molecule has 1 aromatic rings. The molecule has 0 saturated carbocycles. The molecule has 1 heterocycles. The van der Waals surface area contributed by atoms with Crippen LogP contribution in [0.15, 0.2) is 24.8 Å². The number of hydrogen-bond acceptors (Lipinski definition) is 4. The number of piperidine rings is 1. The zero-order chi connectivity index (χ0) is 20.2. The monoisotopic (exact) mass is 377 g/mol. The maximum atomic E-state index is 14.5. The Labute approximate surface area is 162 Å². The average molecular weight is 378 g/mol. The Morgan fingerprint density at radius 3 is 2.41 bits per heavy atom. The van der Waals surface area contributed by atoms with Gasteiger partial charge in [-0.05, 0) is 70.7 Å². The molecule has 150 valence electrons. The number of alkyl halides is 1. The summed E-state index contributed by atoms with van der Waals surface area (Å²) in [6.45, 7) is 14.0. The van der Waals surface area contributed by atoms with Gasteiger partial charge < -0.3 is 14.4 Å². The molecule has 0 radical (unpaired) electrons. The van der Waals surface area contributed by atoms with Crippen molar-refractivity contribution in [2.24, 2.45) is 0 Å². The number of anilines is 1. The van der Waals surface area contributed by atoms with E-state index in [1.807, 2.05) is 39.0 Å². The van der Waals surface area contributed by atoms with Gasteiger partial charge in [0, 0.05) is 18.8 Å². The molecule has 0 aromatic heterocycles. The largest absolute Gasteiger partial charge is 0.458 e. The molecule has 1 aromatic carbocycles. The van der Waals surface area contributed by atoms with Crippen molar-refractivity contribution < 1.29 is 18.7 Å². The molecule has 1 aliphatic heterocycles. The highest BCUT2D eigenvalue weighted by atomic mass is 19.1. The summed E-state index contributed by atoms with van der Waals surface area (Å²) in [5.41, 5.74) is 0.560.